The highest BCUT2D eigenvalue weighted by Gasteiger charge is 2.29. The molecular weight excluding hydrogens is 266 g/mol. The maximum Gasteiger partial charge on any atom is 0.107 e. The van der Waals surface area contributed by atoms with Gasteiger partial charge < -0.3 is 5.73 Å². The SMILES string of the molecule is Cc1nc(CN(Cc2cccc(N)c2)C2CC2)sc1C. The summed E-state index contributed by atoms with van der Waals surface area (Å²) in [5.41, 5.74) is 9.18. The molecule has 0 radical (unpaired) electrons. The Kier molecular flexibility index (Phi) is 3.76. The summed E-state index contributed by atoms with van der Waals surface area (Å²) in [6, 6.07) is 8.94. The molecule has 1 heterocycles. The first-order chi connectivity index (χ1) is 9.61. The van der Waals surface area contributed by atoms with Crippen LogP contribution in [0.1, 0.15) is 34.0 Å². The molecule has 2 aromatic rings. The van der Waals surface area contributed by atoms with Crippen molar-refractivity contribution in [3.8, 4) is 0 Å². The van der Waals surface area contributed by atoms with Gasteiger partial charge in [-0.1, -0.05) is 12.1 Å². The molecule has 1 fully saturated rings. The third-order valence-electron chi connectivity index (χ3n) is 3.81. The molecule has 3 rings (SSSR count). The highest BCUT2D eigenvalue weighted by atomic mass is 32.1. The van der Waals surface area contributed by atoms with Gasteiger partial charge in [0, 0.05) is 23.2 Å². The zero-order chi connectivity index (χ0) is 14.1. The first-order valence-corrected chi connectivity index (χ1v) is 7.95. The number of benzene rings is 1. The Bertz CT molecular complexity index is 582. The van der Waals surface area contributed by atoms with Crippen LogP contribution in [0.5, 0.6) is 0 Å². The highest BCUT2D eigenvalue weighted by Crippen LogP contribution is 2.31. The molecular formula is C16H21N3S. The second-order valence-corrected chi connectivity index (χ2v) is 6.92. The van der Waals surface area contributed by atoms with Gasteiger partial charge in [-0.05, 0) is 44.4 Å². The lowest BCUT2D eigenvalue weighted by Gasteiger charge is -2.21. The average Bonchev–Trinajstić information content (AvgIpc) is 3.17. The minimum atomic E-state index is 0.723. The van der Waals surface area contributed by atoms with Crippen LogP contribution in [0, 0.1) is 13.8 Å². The van der Waals surface area contributed by atoms with Crippen molar-refractivity contribution < 1.29 is 0 Å². The number of nitrogens with two attached hydrogens (primary N) is 1. The maximum absolute atomic E-state index is 5.87. The third kappa shape index (κ3) is 3.19. The van der Waals surface area contributed by atoms with E-state index < -0.39 is 0 Å². The molecule has 0 aliphatic heterocycles. The molecule has 1 saturated carbocycles. The lowest BCUT2D eigenvalue weighted by atomic mass is 10.2. The van der Waals surface area contributed by atoms with Crippen molar-refractivity contribution in [2.75, 3.05) is 5.73 Å². The first-order valence-electron chi connectivity index (χ1n) is 7.13. The van der Waals surface area contributed by atoms with Crippen LogP contribution in [0.4, 0.5) is 5.69 Å². The summed E-state index contributed by atoms with van der Waals surface area (Å²) < 4.78 is 0. The molecule has 2 N–H and O–H groups in total. The van der Waals surface area contributed by atoms with Crippen molar-refractivity contribution >= 4 is 17.0 Å². The maximum atomic E-state index is 5.87. The van der Waals surface area contributed by atoms with Crippen molar-refractivity contribution in [2.45, 2.75) is 45.8 Å². The van der Waals surface area contributed by atoms with Crippen molar-refractivity contribution in [3.63, 3.8) is 0 Å². The van der Waals surface area contributed by atoms with E-state index in [1.54, 1.807) is 0 Å². The van der Waals surface area contributed by atoms with Gasteiger partial charge in [-0.3, -0.25) is 4.90 Å². The summed E-state index contributed by atoms with van der Waals surface area (Å²) >= 11 is 1.82. The number of thiazole rings is 1. The molecule has 20 heavy (non-hydrogen) atoms. The van der Waals surface area contributed by atoms with Crippen LogP contribution in [0.3, 0.4) is 0 Å². The smallest absolute Gasteiger partial charge is 0.107 e. The summed E-state index contributed by atoms with van der Waals surface area (Å²) in [6.07, 6.45) is 2.62. The average molecular weight is 287 g/mol. The van der Waals surface area contributed by atoms with E-state index in [1.807, 2.05) is 23.5 Å². The molecule has 0 saturated heterocycles. The van der Waals surface area contributed by atoms with Gasteiger partial charge in [-0.2, -0.15) is 0 Å². The number of hydrogen-bond acceptors (Lipinski definition) is 4. The fourth-order valence-electron chi connectivity index (χ4n) is 2.46. The molecule has 4 heteroatoms. The Morgan fingerprint density at radius 3 is 2.70 bits per heavy atom. The summed E-state index contributed by atoms with van der Waals surface area (Å²) in [5.74, 6) is 0. The summed E-state index contributed by atoms with van der Waals surface area (Å²) in [4.78, 5) is 8.54. The normalized spacial score (nSPS) is 14.9. The summed E-state index contributed by atoms with van der Waals surface area (Å²) in [7, 11) is 0. The van der Waals surface area contributed by atoms with Gasteiger partial charge in [0.15, 0.2) is 0 Å². The predicted octanol–water partition coefficient (Wildman–Crippen LogP) is 3.51. The molecule has 1 aliphatic rings. The highest BCUT2D eigenvalue weighted by molar-refractivity contribution is 7.11. The van der Waals surface area contributed by atoms with Gasteiger partial charge >= 0.3 is 0 Å². The van der Waals surface area contributed by atoms with Crippen LogP contribution < -0.4 is 5.73 Å². The minimum absolute atomic E-state index is 0.723. The van der Waals surface area contributed by atoms with Gasteiger partial charge in [0.1, 0.15) is 5.01 Å². The van der Waals surface area contributed by atoms with Crippen LogP contribution >= 0.6 is 11.3 Å². The number of anilines is 1. The molecule has 0 amide bonds. The van der Waals surface area contributed by atoms with Crippen LogP contribution in [-0.2, 0) is 13.1 Å². The number of nitrogens with zero attached hydrogens (tertiary/aromatic N) is 2. The van der Waals surface area contributed by atoms with Gasteiger partial charge in [-0.25, -0.2) is 4.98 Å². The van der Waals surface area contributed by atoms with E-state index in [-0.39, 0.29) is 0 Å². The standard InChI is InChI=1S/C16H21N3S/c1-11-12(2)20-16(18-11)10-19(15-6-7-15)9-13-4-3-5-14(17)8-13/h3-5,8,15H,6-7,9-10,17H2,1-2H3. The molecule has 1 aromatic carbocycles. The molecule has 0 unspecified atom stereocenters. The molecule has 3 nitrogen and oxygen atoms in total. The second kappa shape index (κ2) is 5.54. The summed E-state index contributed by atoms with van der Waals surface area (Å²) in [5, 5.41) is 1.23. The molecule has 1 aliphatic carbocycles. The fourth-order valence-corrected chi connectivity index (χ4v) is 3.42. The Morgan fingerprint density at radius 2 is 2.10 bits per heavy atom. The Labute approximate surface area is 124 Å². The van der Waals surface area contributed by atoms with E-state index >= 15 is 0 Å². The van der Waals surface area contributed by atoms with Gasteiger partial charge in [0.25, 0.3) is 0 Å². The van der Waals surface area contributed by atoms with Crippen LogP contribution in [0.25, 0.3) is 0 Å². The van der Waals surface area contributed by atoms with Gasteiger partial charge in [-0.15, -0.1) is 11.3 Å². The van der Waals surface area contributed by atoms with E-state index in [1.165, 1.54) is 34.0 Å². The summed E-state index contributed by atoms with van der Waals surface area (Å²) in [6.45, 7) is 6.16. The Hall–Kier alpha value is -1.39. The van der Waals surface area contributed by atoms with Gasteiger partial charge in [0.2, 0.25) is 0 Å². The van der Waals surface area contributed by atoms with E-state index in [2.05, 4.69) is 35.9 Å². The molecule has 106 valence electrons. The van der Waals surface area contributed by atoms with Crippen molar-refractivity contribution in [1.29, 1.82) is 0 Å². The molecule has 0 bridgehead atoms. The Morgan fingerprint density at radius 1 is 1.30 bits per heavy atom. The topological polar surface area (TPSA) is 42.2 Å². The monoisotopic (exact) mass is 287 g/mol. The lowest BCUT2D eigenvalue weighted by molar-refractivity contribution is 0.245. The fraction of sp³-hybridized carbons (Fsp3) is 0.438. The zero-order valence-corrected chi connectivity index (χ0v) is 12.9. The molecule has 0 atom stereocenters. The predicted molar refractivity (Wildman–Crippen MR) is 84.7 cm³/mol. The molecule has 1 aromatic heterocycles. The third-order valence-corrected chi connectivity index (χ3v) is 4.87. The zero-order valence-electron chi connectivity index (χ0n) is 12.1. The number of aromatic nitrogens is 1. The minimum Gasteiger partial charge on any atom is -0.399 e. The number of hydrogen-bond donors (Lipinski definition) is 1. The number of nitrogen functional groups attached to an aromatic ring is 1. The quantitative estimate of drug-likeness (QED) is 0.856. The first kappa shape index (κ1) is 13.6. The van der Waals surface area contributed by atoms with Gasteiger partial charge in [0.05, 0.1) is 12.2 Å². The number of aryl methyl sites for hydroxylation is 2. The van der Waals surface area contributed by atoms with E-state index in [4.69, 9.17) is 5.73 Å². The van der Waals surface area contributed by atoms with Crippen LogP contribution in [-0.4, -0.2) is 15.9 Å². The Balaban J connectivity index is 1.73. The van der Waals surface area contributed by atoms with E-state index in [0.29, 0.717) is 0 Å². The largest absolute Gasteiger partial charge is 0.399 e. The van der Waals surface area contributed by atoms with Crippen LogP contribution in [0.15, 0.2) is 24.3 Å². The van der Waals surface area contributed by atoms with Crippen LogP contribution in [0.2, 0.25) is 0 Å². The van der Waals surface area contributed by atoms with Crippen molar-refractivity contribution in [2.24, 2.45) is 0 Å². The van der Waals surface area contributed by atoms with E-state index in [0.717, 1.165) is 24.8 Å². The van der Waals surface area contributed by atoms with Crippen molar-refractivity contribution in [3.05, 3.63) is 45.4 Å². The lowest BCUT2D eigenvalue weighted by Crippen LogP contribution is -2.25. The molecule has 0 spiro atoms. The number of rotatable bonds is 5. The van der Waals surface area contributed by atoms with E-state index in [9.17, 15) is 0 Å². The second-order valence-electron chi connectivity index (χ2n) is 5.63. The van der Waals surface area contributed by atoms with Crippen molar-refractivity contribution in [1.82, 2.24) is 9.88 Å².